The zero-order valence-corrected chi connectivity index (χ0v) is 14.2. The molecule has 2 aromatic carbocycles. The predicted molar refractivity (Wildman–Crippen MR) is 89.4 cm³/mol. The van der Waals surface area contributed by atoms with E-state index >= 15 is 0 Å². The average molecular weight is 377 g/mol. The van der Waals surface area contributed by atoms with Gasteiger partial charge in [-0.2, -0.15) is 4.68 Å². The summed E-state index contributed by atoms with van der Waals surface area (Å²) in [5, 5.41) is 12.7. The molecule has 0 N–H and O–H groups in total. The Bertz CT molecular complexity index is 743. The van der Waals surface area contributed by atoms with Crippen LogP contribution in [0.2, 0.25) is 0 Å². The molecule has 1 aromatic heterocycles. The quantitative estimate of drug-likeness (QED) is 0.635. The van der Waals surface area contributed by atoms with Crippen LogP contribution in [0.25, 0.3) is 5.69 Å². The molecule has 3 aromatic rings. The van der Waals surface area contributed by atoms with Crippen molar-refractivity contribution in [1.29, 1.82) is 0 Å². The van der Waals surface area contributed by atoms with Gasteiger partial charge in [-0.15, -0.1) is 5.10 Å². The second-order valence-corrected chi connectivity index (χ2v) is 6.34. The van der Waals surface area contributed by atoms with E-state index in [0.717, 1.165) is 26.8 Å². The Morgan fingerprint density at radius 1 is 1.09 bits per heavy atom. The molecule has 22 heavy (non-hydrogen) atoms. The van der Waals surface area contributed by atoms with Gasteiger partial charge >= 0.3 is 0 Å². The Labute approximate surface area is 140 Å². The first-order chi connectivity index (χ1) is 10.8. The van der Waals surface area contributed by atoms with E-state index in [4.69, 9.17) is 4.74 Å². The summed E-state index contributed by atoms with van der Waals surface area (Å²) in [6, 6.07) is 15.9. The molecule has 0 atom stereocenters. The van der Waals surface area contributed by atoms with Crippen LogP contribution in [-0.2, 0) is 5.75 Å². The maximum Gasteiger partial charge on any atom is 0.214 e. The van der Waals surface area contributed by atoms with Gasteiger partial charge in [-0.3, -0.25) is 0 Å². The molecular formula is C15H13BrN4OS. The number of tetrazole rings is 1. The van der Waals surface area contributed by atoms with Crippen molar-refractivity contribution >= 4 is 27.7 Å². The van der Waals surface area contributed by atoms with Gasteiger partial charge in [-0.05, 0) is 52.4 Å². The highest BCUT2D eigenvalue weighted by molar-refractivity contribution is 9.10. The van der Waals surface area contributed by atoms with Gasteiger partial charge in [0, 0.05) is 10.2 Å². The highest BCUT2D eigenvalue weighted by atomic mass is 79.9. The van der Waals surface area contributed by atoms with E-state index in [-0.39, 0.29) is 0 Å². The molecule has 0 saturated heterocycles. The van der Waals surface area contributed by atoms with Crippen LogP contribution in [0.15, 0.2) is 58.2 Å². The fourth-order valence-corrected chi connectivity index (χ4v) is 2.99. The lowest BCUT2D eigenvalue weighted by molar-refractivity contribution is 0.414. The second kappa shape index (κ2) is 6.93. The lowest BCUT2D eigenvalue weighted by atomic mass is 10.2. The van der Waals surface area contributed by atoms with Gasteiger partial charge in [0.05, 0.1) is 12.8 Å². The van der Waals surface area contributed by atoms with Crippen molar-refractivity contribution in [3.8, 4) is 11.4 Å². The standard InChI is InChI=1S/C15H13BrN4OS/c1-21-14-8-2-11(3-9-14)10-22-15-17-18-19-20(15)13-6-4-12(16)5-7-13/h2-9H,10H2,1H3. The maximum atomic E-state index is 5.16. The van der Waals surface area contributed by atoms with Crippen LogP contribution in [0.5, 0.6) is 5.75 Å². The topological polar surface area (TPSA) is 52.8 Å². The van der Waals surface area contributed by atoms with E-state index < -0.39 is 0 Å². The number of nitrogens with zero attached hydrogens (tertiary/aromatic N) is 4. The number of methoxy groups -OCH3 is 1. The van der Waals surface area contributed by atoms with Crippen LogP contribution in [0.3, 0.4) is 0 Å². The van der Waals surface area contributed by atoms with Gasteiger partial charge in [0.25, 0.3) is 0 Å². The number of hydrogen-bond acceptors (Lipinski definition) is 5. The van der Waals surface area contributed by atoms with Crippen molar-refractivity contribution < 1.29 is 4.74 Å². The smallest absolute Gasteiger partial charge is 0.214 e. The fourth-order valence-electron chi connectivity index (χ4n) is 1.88. The Morgan fingerprint density at radius 2 is 1.82 bits per heavy atom. The van der Waals surface area contributed by atoms with Crippen LogP contribution < -0.4 is 4.74 Å². The number of thioether (sulfide) groups is 1. The molecule has 0 spiro atoms. The van der Waals surface area contributed by atoms with Crippen LogP contribution in [0.4, 0.5) is 0 Å². The normalized spacial score (nSPS) is 10.6. The molecule has 0 unspecified atom stereocenters. The van der Waals surface area contributed by atoms with E-state index in [1.807, 2.05) is 48.5 Å². The number of rotatable bonds is 5. The molecular weight excluding hydrogens is 364 g/mol. The van der Waals surface area contributed by atoms with Crippen molar-refractivity contribution in [3.05, 3.63) is 58.6 Å². The first kappa shape index (κ1) is 15.1. The summed E-state index contributed by atoms with van der Waals surface area (Å²) in [7, 11) is 1.66. The van der Waals surface area contributed by atoms with Crippen molar-refractivity contribution in [2.75, 3.05) is 7.11 Å². The number of ether oxygens (including phenoxy) is 1. The average Bonchev–Trinajstić information content (AvgIpc) is 3.02. The summed E-state index contributed by atoms with van der Waals surface area (Å²) < 4.78 is 7.92. The largest absolute Gasteiger partial charge is 0.497 e. The van der Waals surface area contributed by atoms with E-state index in [2.05, 4.69) is 31.5 Å². The van der Waals surface area contributed by atoms with Gasteiger partial charge < -0.3 is 4.74 Å². The van der Waals surface area contributed by atoms with E-state index in [9.17, 15) is 0 Å². The number of benzene rings is 2. The Morgan fingerprint density at radius 3 is 2.50 bits per heavy atom. The van der Waals surface area contributed by atoms with E-state index in [0.29, 0.717) is 0 Å². The van der Waals surface area contributed by atoms with Crippen molar-refractivity contribution in [3.63, 3.8) is 0 Å². The third-order valence-electron chi connectivity index (χ3n) is 3.04. The van der Waals surface area contributed by atoms with E-state index in [1.54, 1.807) is 23.6 Å². The first-order valence-electron chi connectivity index (χ1n) is 6.56. The minimum atomic E-state index is 0.762. The molecule has 7 heteroatoms. The minimum absolute atomic E-state index is 0.762. The Balaban J connectivity index is 1.73. The summed E-state index contributed by atoms with van der Waals surface area (Å²) in [5.41, 5.74) is 2.13. The molecule has 0 radical (unpaired) electrons. The SMILES string of the molecule is COc1ccc(CSc2nnnn2-c2ccc(Br)cc2)cc1. The third kappa shape index (κ3) is 3.48. The van der Waals surface area contributed by atoms with Gasteiger partial charge in [-0.25, -0.2) is 0 Å². The second-order valence-electron chi connectivity index (χ2n) is 4.49. The highest BCUT2D eigenvalue weighted by Gasteiger charge is 2.09. The van der Waals surface area contributed by atoms with Crippen LogP contribution in [-0.4, -0.2) is 27.3 Å². The van der Waals surface area contributed by atoms with Gasteiger partial charge in [0.15, 0.2) is 0 Å². The molecule has 0 amide bonds. The predicted octanol–water partition coefficient (Wildman–Crippen LogP) is 3.73. The number of hydrogen-bond donors (Lipinski definition) is 0. The number of aromatic nitrogens is 4. The minimum Gasteiger partial charge on any atom is -0.497 e. The molecule has 112 valence electrons. The number of halogens is 1. The molecule has 1 heterocycles. The van der Waals surface area contributed by atoms with Crippen molar-refractivity contribution in [2.45, 2.75) is 10.9 Å². The zero-order valence-electron chi connectivity index (χ0n) is 11.8. The van der Waals surface area contributed by atoms with Crippen molar-refractivity contribution in [2.24, 2.45) is 0 Å². The summed E-state index contributed by atoms with van der Waals surface area (Å²) in [5.74, 6) is 1.65. The maximum absolute atomic E-state index is 5.16. The molecule has 5 nitrogen and oxygen atoms in total. The van der Waals surface area contributed by atoms with E-state index in [1.165, 1.54) is 5.56 Å². The molecule has 0 aliphatic carbocycles. The van der Waals surface area contributed by atoms with Gasteiger partial charge in [0.1, 0.15) is 5.75 Å². The summed E-state index contributed by atoms with van der Waals surface area (Å²) >= 11 is 5.02. The molecule has 0 aliphatic rings. The van der Waals surface area contributed by atoms with Crippen LogP contribution >= 0.6 is 27.7 Å². The lowest BCUT2D eigenvalue weighted by Crippen LogP contribution is -1.98. The van der Waals surface area contributed by atoms with Gasteiger partial charge in [0.2, 0.25) is 5.16 Å². The molecule has 0 fully saturated rings. The Hall–Kier alpha value is -1.86. The molecule has 0 saturated carbocycles. The summed E-state index contributed by atoms with van der Waals surface area (Å²) in [4.78, 5) is 0. The summed E-state index contributed by atoms with van der Waals surface area (Å²) in [6.07, 6.45) is 0. The van der Waals surface area contributed by atoms with Gasteiger partial charge in [-0.1, -0.05) is 39.8 Å². The Kier molecular flexibility index (Phi) is 4.74. The molecule has 0 aliphatic heterocycles. The first-order valence-corrected chi connectivity index (χ1v) is 8.34. The van der Waals surface area contributed by atoms with Crippen LogP contribution in [0.1, 0.15) is 5.56 Å². The van der Waals surface area contributed by atoms with Crippen molar-refractivity contribution in [1.82, 2.24) is 20.2 Å². The monoisotopic (exact) mass is 376 g/mol. The third-order valence-corrected chi connectivity index (χ3v) is 4.56. The fraction of sp³-hybridized carbons (Fsp3) is 0.133. The summed E-state index contributed by atoms with van der Waals surface area (Å²) in [6.45, 7) is 0. The molecule has 3 rings (SSSR count). The molecule has 0 bridgehead atoms. The van der Waals surface area contributed by atoms with Crippen LogP contribution in [0, 0.1) is 0 Å². The lowest BCUT2D eigenvalue weighted by Gasteiger charge is -2.05. The zero-order chi connectivity index (χ0) is 15.4. The highest BCUT2D eigenvalue weighted by Crippen LogP contribution is 2.24.